The summed E-state index contributed by atoms with van der Waals surface area (Å²) >= 11 is 3.29. The van der Waals surface area contributed by atoms with E-state index in [1.54, 1.807) is 0 Å². The van der Waals surface area contributed by atoms with Crippen LogP contribution in [0.5, 0.6) is 0 Å². The van der Waals surface area contributed by atoms with Crippen LogP contribution in [-0.2, 0) is 0 Å². The molecule has 0 atom stereocenters. The molecule has 0 aromatic rings. The van der Waals surface area contributed by atoms with E-state index in [0.29, 0.717) is 0 Å². The highest BCUT2D eigenvalue weighted by atomic mass is 79.9. The van der Waals surface area contributed by atoms with E-state index in [2.05, 4.69) is 28.6 Å². The molecule has 1 fully saturated rings. The highest BCUT2D eigenvalue weighted by molar-refractivity contribution is 9.11. The predicted molar refractivity (Wildman–Crippen MR) is 67.5 cm³/mol. The van der Waals surface area contributed by atoms with Crippen molar-refractivity contribution in [2.45, 2.75) is 38.5 Å². The molecule has 0 aromatic heterocycles. The molecule has 0 bridgehead atoms. The van der Waals surface area contributed by atoms with E-state index in [9.17, 15) is 0 Å². The predicted octanol–water partition coefficient (Wildman–Crippen LogP) is 4.98. The van der Waals surface area contributed by atoms with Crippen molar-refractivity contribution in [1.29, 1.82) is 0 Å². The van der Waals surface area contributed by atoms with Gasteiger partial charge in [0.05, 0.1) is 0 Å². The Bertz CT molecular complexity index is 217. The van der Waals surface area contributed by atoms with Crippen molar-refractivity contribution in [1.82, 2.24) is 0 Å². The summed E-state index contributed by atoms with van der Waals surface area (Å²) in [5, 5.41) is 0. The second kappa shape index (κ2) is 7.05. The van der Waals surface area contributed by atoms with E-state index in [1.807, 2.05) is 17.1 Å². The topological polar surface area (TPSA) is 0 Å². The molecule has 1 saturated carbocycles. The molecule has 0 spiro atoms. The van der Waals surface area contributed by atoms with Gasteiger partial charge in [0.1, 0.15) is 0 Å². The fourth-order valence-electron chi connectivity index (χ4n) is 2.13. The Hall–Kier alpha value is -0.300. The van der Waals surface area contributed by atoms with E-state index in [1.165, 1.54) is 44.1 Å². The second-order valence-electron chi connectivity index (χ2n) is 3.88. The van der Waals surface area contributed by atoms with E-state index in [-0.39, 0.29) is 0 Å². The maximum absolute atomic E-state index is 3.90. The van der Waals surface area contributed by atoms with Gasteiger partial charge in [-0.15, -0.1) is 0 Å². The van der Waals surface area contributed by atoms with Gasteiger partial charge in [-0.25, -0.2) is 0 Å². The maximum Gasteiger partial charge on any atom is -0.0162 e. The molecule has 1 heteroatoms. The monoisotopic (exact) mass is 254 g/mol. The van der Waals surface area contributed by atoms with Gasteiger partial charge in [-0.1, -0.05) is 66.4 Å². The molecule has 14 heavy (non-hydrogen) atoms. The fourth-order valence-corrected chi connectivity index (χ4v) is 2.28. The Balaban J connectivity index is 2.61. The minimum absolute atomic E-state index is 0.749. The van der Waals surface area contributed by atoms with Crippen LogP contribution in [0.15, 0.2) is 35.4 Å². The van der Waals surface area contributed by atoms with Gasteiger partial charge in [0.2, 0.25) is 0 Å². The molecule has 1 rings (SSSR count). The number of hydrogen-bond acceptors (Lipinski definition) is 0. The number of rotatable bonds is 3. The highest BCUT2D eigenvalue weighted by Gasteiger charge is 2.13. The summed E-state index contributed by atoms with van der Waals surface area (Å²) in [6.45, 7) is 3.90. The van der Waals surface area contributed by atoms with Gasteiger partial charge in [0, 0.05) is 0 Å². The Morgan fingerprint density at radius 2 is 1.79 bits per heavy atom. The van der Waals surface area contributed by atoms with E-state index in [4.69, 9.17) is 0 Å². The summed E-state index contributed by atoms with van der Waals surface area (Å²) in [6.07, 6.45) is 14.5. The molecule has 0 N–H and O–H groups in total. The summed E-state index contributed by atoms with van der Waals surface area (Å²) in [7, 11) is 0. The quantitative estimate of drug-likeness (QED) is 0.493. The molecule has 78 valence electrons. The molecule has 0 unspecified atom stereocenters. The minimum atomic E-state index is 0.749. The van der Waals surface area contributed by atoms with Gasteiger partial charge >= 0.3 is 0 Å². The maximum atomic E-state index is 3.90. The lowest BCUT2D eigenvalue weighted by atomic mass is 9.91. The van der Waals surface area contributed by atoms with Crippen molar-refractivity contribution in [3.8, 4) is 0 Å². The SMILES string of the molecule is C=C/C(=C\C=C\Br)C1CCCCCC1. The molecular weight excluding hydrogens is 236 g/mol. The Morgan fingerprint density at radius 3 is 2.29 bits per heavy atom. The van der Waals surface area contributed by atoms with Crippen molar-refractivity contribution in [3.05, 3.63) is 35.4 Å². The van der Waals surface area contributed by atoms with Crippen molar-refractivity contribution < 1.29 is 0 Å². The largest absolute Gasteiger partial charge is 0.0988 e. The average molecular weight is 255 g/mol. The summed E-state index contributed by atoms with van der Waals surface area (Å²) < 4.78 is 0. The van der Waals surface area contributed by atoms with Crippen LogP contribution in [0, 0.1) is 5.92 Å². The Morgan fingerprint density at radius 1 is 1.14 bits per heavy atom. The van der Waals surface area contributed by atoms with Gasteiger partial charge < -0.3 is 0 Å². The number of hydrogen-bond donors (Lipinski definition) is 0. The average Bonchev–Trinajstić information content (AvgIpc) is 2.48. The minimum Gasteiger partial charge on any atom is -0.0988 e. The van der Waals surface area contributed by atoms with Gasteiger partial charge in [0.25, 0.3) is 0 Å². The zero-order chi connectivity index (χ0) is 10.2. The molecule has 1 aliphatic carbocycles. The summed E-state index contributed by atoms with van der Waals surface area (Å²) in [5.41, 5.74) is 1.41. The van der Waals surface area contributed by atoms with Crippen molar-refractivity contribution >= 4 is 15.9 Å². The van der Waals surface area contributed by atoms with Crippen LogP contribution in [0.2, 0.25) is 0 Å². The standard InChI is InChI=1S/C13H19Br/c1-2-12(10-7-11-14)13-8-5-3-4-6-9-13/h2,7,10-11,13H,1,3-6,8-9H2/b11-7+,12-10+. The first-order valence-corrected chi connectivity index (χ1v) is 6.39. The lowest BCUT2D eigenvalue weighted by Crippen LogP contribution is -2.00. The summed E-state index contributed by atoms with van der Waals surface area (Å²) in [6, 6.07) is 0. The van der Waals surface area contributed by atoms with E-state index in [0.717, 1.165) is 5.92 Å². The van der Waals surface area contributed by atoms with Crippen LogP contribution in [0.4, 0.5) is 0 Å². The van der Waals surface area contributed by atoms with Crippen molar-refractivity contribution in [2.75, 3.05) is 0 Å². The van der Waals surface area contributed by atoms with Gasteiger partial charge in [-0.05, 0) is 29.3 Å². The molecule has 0 aliphatic heterocycles. The molecule has 0 aromatic carbocycles. The lowest BCUT2D eigenvalue weighted by molar-refractivity contribution is 0.540. The first kappa shape index (κ1) is 11.8. The molecule has 0 amide bonds. The molecular formula is C13H19Br. The zero-order valence-electron chi connectivity index (χ0n) is 8.71. The molecule has 0 nitrogen and oxygen atoms in total. The van der Waals surface area contributed by atoms with E-state index < -0.39 is 0 Å². The number of allylic oxidation sites excluding steroid dienone is 4. The second-order valence-corrected chi connectivity index (χ2v) is 4.41. The smallest absolute Gasteiger partial charge is 0.0162 e. The summed E-state index contributed by atoms with van der Waals surface area (Å²) in [5.74, 6) is 0.749. The Labute approximate surface area is 95.9 Å². The van der Waals surface area contributed by atoms with Gasteiger partial charge in [0.15, 0.2) is 0 Å². The van der Waals surface area contributed by atoms with Crippen LogP contribution in [0.3, 0.4) is 0 Å². The van der Waals surface area contributed by atoms with Crippen LogP contribution in [-0.4, -0.2) is 0 Å². The Kier molecular flexibility index (Phi) is 5.93. The third kappa shape index (κ3) is 3.83. The summed E-state index contributed by atoms with van der Waals surface area (Å²) in [4.78, 5) is 1.90. The molecule has 0 saturated heterocycles. The van der Waals surface area contributed by atoms with Gasteiger partial charge in [-0.2, -0.15) is 0 Å². The van der Waals surface area contributed by atoms with Crippen LogP contribution >= 0.6 is 15.9 Å². The third-order valence-corrected chi connectivity index (χ3v) is 3.23. The fraction of sp³-hybridized carbons (Fsp3) is 0.538. The zero-order valence-corrected chi connectivity index (χ0v) is 10.3. The molecule has 1 aliphatic rings. The third-order valence-electron chi connectivity index (χ3n) is 2.92. The van der Waals surface area contributed by atoms with Crippen LogP contribution < -0.4 is 0 Å². The van der Waals surface area contributed by atoms with Crippen molar-refractivity contribution in [2.24, 2.45) is 5.92 Å². The number of halogens is 1. The first-order valence-electron chi connectivity index (χ1n) is 5.48. The highest BCUT2D eigenvalue weighted by Crippen LogP contribution is 2.29. The van der Waals surface area contributed by atoms with Crippen LogP contribution in [0.25, 0.3) is 0 Å². The molecule has 0 radical (unpaired) electrons. The van der Waals surface area contributed by atoms with Gasteiger partial charge in [-0.3, -0.25) is 0 Å². The van der Waals surface area contributed by atoms with Crippen LogP contribution in [0.1, 0.15) is 38.5 Å². The lowest BCUT2D eigenvalue weighted by Gasteiger charge is -2.14. The van der Waals surface area contributed by atoms with E-state index >= 15 is 0 Å². The first-order chi connectivity index (χ1) is 6.88. The normalized spacial score (nSPS) is 21.1. The van der Waals surface area contributed by atoms with Crippen molar-refractivity contribution in [3.63, 3.8) is 0 Å². The molecule has 0 heterocycles.